The van der Waals surface area contributed by atoms with Crippen molar-refractivity contribution in [3.63, 3.8) is 0 Å². The first-order valence-electron chi connectivity index (χ1n) is 9.83. The monoisotopic (exact) mass is 466 g/mol. The molecule has 0 bridgehead atoms. The summed E-state index contributed by atoms with van der Waals surface area (Å²) in [6.45, 7) is 0.0615. The highest BCUT2D eigenvalue weighted by Crippen LogP contribution is 2.30. The molecule has 3 rings (SSSR count). The largest absolute Gasteiger partial charge is 0.426 e. The van der Waals surface area contributed by atoms with Gasteiger partial charge in [0.25, 0.3) is 5.69 Å². The molecule has 0 aliphatic carbocycles. The van der Waals surface area contributed by atoms with Crippen LogP contribution in [0.4, 0.5) is 5.69 Å². The summed E-state index contributed by atoms with van der Waals surface area (Å²) in [7, 11) is -4.08. The van der Waals surface area contributed by atoms with Gasteiger partial charge in [0.1, 0.15) is 23.5 Å². The maximum absolute atomic E-state index is 12.9. The molecule has 11 heteroatoms. The molecule has 0 aromatic heterocycles. The van der Waals surface area contributed by atoms with E-state index in [0.717, 1.165) is 10.4 Å². The highest BCUT2D eigenvalue weighted by atomic mass is 32.2. The Morgan fingerprint density at radius 3 is 2.27 bits per heavy atom. The predicted molar refractivity (Wildman–Crippen MR) is 116 cm³/mol. The van der Waals surface area contributed by atoms with Crippen LogP contribution in [0.5, 0.6) is 5.75 Å². The minimum Gasteiger partial charge on any atom is -0.426 e. The number of nitro groups is 1. The van der Waals surface area contributed by atoms with Gasteiger partial charge in [-0.1, -0.05) is 24.3 Å². The Kier molecular flexibility index (Phi) is 7.18. The van der Waals surface area contributed by atoms with E-state index in [1.807, 2.05) is 0 Å². The summed E-state index contributed by atoms with van der Waals surface area (Å²) in [5.41, 5.74) is 0.0534. The summed E-state index contributed by atoms with van der Waals surface area (Å²) >= 11 is 0. The van der Waals surface area contributed by atoms with Crippen molar-refractivity contribution >= 4 is 27.8 Å². The summed E-state index contributed by atoms with van der Waals surface area (Å²) in [5.74, 6) is -0.746. The minimum atomic E-state index is -4.08. The molecule has 0 N–H and O–H groups in total. The van der Waals surface area contributed by atoms with Gasteiger partial charge in [-0.2, -0.15) is 14.8 Å². The number of ether oxygens (including phenoxy) is 1. The Labute approximate surface area is 190 Å². The molecule has 0 saturated carbocycles. The number of nitro benzene ring substituents is 1. The van der Waals surface area contributed by atoms with Crippen LogP contribution in [0.1, 0.15) is 18.4 Å². The lowest BCUT2D eigenvalue weighted by Gasteiger charge is -2.29. The second-order valence-electron chi connectivity index (χ2n) is 7.17. The van der Waals surface area contributed by atoms with E-state index in [1.54, 1.807) is 24.3 Å². The standard InChI is InChI=1S/C22H18N4O6S/c23-14-17(15-24)13-16-5-7-19(8-6-16)32-22(27)18-9-11-25(12-10-18)33(30,31)21-4-2-1-3-20(21)26(28)29/h1-8,13,18H,9-12H2. The molecule has 0 spiro atoms. The Bertz CT molecular complexity index is 1270. The third kappa shape index (κ3) is 5.41. The molecule has 1 aliphatic rings. The average molecular weight is 466 g/mol. The molecule has 0 atom stereocenters. The smallest absolute Gasteiger partial charge is 0.314 e. The maximum atomic E-state index is 12.9. The Morgan fingerprint density at radius 1 is 1.09 bits per heavy atom. The fourth-order valence-electron chi connectivity index (χ4n) is 3.38. The zero-order valence-corrected chi connectivity index (χ0v) is 18.1. The van der Waals surface area contributed by atoms with Crippen LogP contribution in [0.15, 0.2) is 59.0 Å². The Morgan fingerprint density at radius 2 is 1.70 bits per heavy atom. The number of hydrogen-bond donors (Lipinski definition) is 0. The number of allylic oxidation sites excluding steroid dienone is 1. The van der Waals surface area contributed by atoms with Crippen LogP contribution in [0.25, 0.3) is 6.08 Å². The number of carbonyl (C=O) groups is 1. The van der Waals surface area contributed by atoms with Crippen LogP contribution < -0.4 is 4.74 Å². The highest BCUT2D eigenvalue weighted by Gasteiger charge is 2.36. The summed E-state index contributed by atoms with van der Waals surface area (Å²) in [5, 5.41) is 28.8. The van der Waals surface area contributed by atoms with Crippen molar-refractivity contribution in [3.8, 4) is 17.9 Å². The van der Waals surface area contributed by atoms with Crippen molar-refractivity contribution in [2.45, 2.75) is 17.7 Å². The van der Waals surface area contributed by atoms with Gasteiger partial charge in [0.15, 0.2) is 4.90 Å². The molecule has 1 fully saturated rings. The quantitative estimate of drug-likeness (QED) is 0.207. The molecule has 2 aromatic rings. The van der Waals surface area contributed by atoms with E-state index in [9.17, 15) is 23.3 Å². The van der Waals surface area contributed by atoms with Crippen molar-refractivity contribution < 1.29 is 22.9 Å². The van der Waals surface area contributed by atoms with E-state index in [1.165, 1.54) is 36.4 Å². The van der Waals surface area contributed by atoms with E-state index in [0.29, 0.717) is 5.56 Å². The summed E-state index contributed by atoms with van der Waals surface area (Å²) in [6.07, 6.45) is 1.83. The predicted octanol–water partition coefficient (Wildman–Crippen LogP) is 3.03. The molecule has 0 radical (unpaired) electrons. The first-order valence-corrected chi connectivity index (χ1v) is 11.3. The van der Waals surface area contributed by atoms with E-state index in [4.69, 9.17) is 15.3 Å². The van der Waals surface area contributed by atoms with Crippen molar-refractivity contribution in [3.05, 3.63) is 69.8 Å². The van der Waals surface area contributed by atoms with E-state index >= 15 is 0 Å². The third-order valence-corrected chi connectivity index (χ3v) is 7.06. The summed E-state index contributed by atoms with van der Waals surface area (Å²) < 4.78 is 32.3. The molecule has 1 aliphatic heterocycles. The SMILES string of the molecule is N#CC(C#N)=Cc1ccc(OC(=O)C2CCN(S(=O)(=O)c3ccccc3[N+](=O)[O-])CC2)cc1. The van der Waals surface area contributed by atoms with E-state index in [-0.39, 0.29) is 42.1 Å². The Hall–Kier alpha value is -4.06. The molecular weight excluding hydrogens is 448 g/mol. The van der Waals surface area contributed by atoms with Crippen LogP contribution in [0.2, 0.25) is 0 Å². The number of hydrogen-bond acceptors (Lipinski definition) is 8. The van der Waals surface area contributed by atoms with Gasteiger partial charge in [-0.25, -0.2) is 8.42 Å². The van der Waals surface area contributed by atoms with Gasteiger partial charge in [-0.3, -0.25) is 14.9 Å². The molecule has 10 nitrogen and oxygen atoms in total. The van der Waals surface area contributed by atoms with Crippen LogP contribution in [-0.4, -0.2) is 36.7 Å². The second kappa shape index (κ2) is 10.0. The van der Waals surface area contributed by atoms with E-state index < -0.39 is 32.5 Å². The molecule has 1 heterocycles. The van der Waals surface area contributed by atoms with Crippen LogP contribution in [0.3, 0.4) is 0 Å². The minimum absolute atomic E-state index is 0.0307. The van der Waals surface area contributed by atoms with Crippen molar-refractivity contribution in [1.82, 2.24) is 4.31 Å². The van der Waals surface area contributed by atoms with Gasteiger partial charge in [-0.15, -0.1) is 0 Å². The van der Waals surface area contributed by atoms with Gasteiger partial charge in [0.2, 0.25) is 10.0 Å². The molecular formula is C22H18N4O6S. The fraction of sp³-hybridized carbons (Fsp3) is 0.227. The number of carbonyl (C=O) groups excluding carboxylic acids is 1. The number of nitriles is 2. The number of sulfonamides is 1. The van der Waals surface area contributed by atoms with Gasteiger partial charge < -0.3 is 4.74 Å². The molecule has 0 unspecified atom stereocenters. The number of piperidine rings is 1. The Balaban J connectivity index is 1.63. The second-order valence-corrected chi connectivity index (χ2v) is 9.08. The molecule has 2 aromatic carbocycles. The molecule has 33 heavy (non-hydrogen) atoms. The number of para-hydroxylation sites is 1. The lowest BCUT2D eigenvalue weighted by molar-refractivity contribution is -0.387. The first kappa shape index (κ1) is 23.6. The number of esters is 1. The lowest BCUT2D eigenvalue weighted by Crippen LogP contribution is -2.41. The average Bonchev–Trinajstić information content (AvgIpc) is 2.83. The van der Waals surface area contributed by atoms with Gasteiger partial charge in [-0.05, 0) is 42.7 Å². The zero-order chi connectivity index (χ0) is 24.0. The van der Waals surface area contributed by atoms with Crippen molar-refractivity contribution in [2.24, 2.45) is 5.92 Å². The van der Waals surface area contributed by atoms with Crippen LogP contribution in [-0.2, 0) is 14.8 Å². The van der Waals surface area contributed by atoms with Crippen LogP contribution in [0, 0.1) is 38.7 Å². The van der Waals surface area contributed by atoms with Crippen molar-refractivity contribution in [2.75, 3.05) is 13.1 Å². The number of benzene rings is 2. The molecule has 1 saturated heterocycles. The highest BCUT2D eigenvalue weighted by molar-refractivity contribution is 7.89. The van der Waals surface area contributed by atoms with Gasteiger partial charge in [0, 0.05) is 19.2 Å². The summed E-state index contributed by atoms with van der Waals surface area (Å²) in [4.78, 5) is 22.6. The molecule has 0 amide bonds. The topological polar surface area (TPSA) is 154 Å². The van der Waals surface area contributed by atoms with E-state index in [2.05, 4.69) is 0 Å². The number of nitrogens with zero attached hydrogens (tertiary/aromatic N) is 4. The summed E-state index contributed by atoms with van der Waals surface area (Å²) in [6, 6.07) is 14.9. The normalized spacial score (nSPS) is 14.5. The third-order valence-electron chi connectivity index (χ3n) is 5.12. The maximum Gasteiger partial charge on any atom is 0.314 e. The lowest BCUT2D eigenvalue weighted by atomic mass is 9.98. The first-order chi connectivity index (χ1) is 15.8. The van der Waals surface area contributed by atoms with Crippen molar-refractivity contribution in [1.29, 1.82) is 10.5 Å². The van der Waals surface area contributed by atoms with Gasteiger partial charge in [0.05, 0.1) is 10.8 Å². The zero-order valence-electron chi connectivity index (χ0n) is 17.2. The molecule has 168 valence electrons. The van der Waals surface area contributed by atoms with Crippen LogP contribution >= 0.6 is 0 Å². The van der Waals surface area contributed by atoms with Gasteiger partial charge >= 0.3 is 5.97 Å². The fourth-order valence-corrected chi connectivity index (χ4v) is 5.01. The number of rotatable bonds is 6.